The van der Waals surface area contributed by atoms with Crippen LogP contribution in [0.3, 0.4) is 0 Å². The molecule has 3 heterocycles. The second-order valence-corrected chi connectivity index (χ2v) is 6.83. The van der Waals surface area contributed by atoms with Gasteiger partial charge in [0, 0.05) is 37.8 Å². The van der Waals surface area contributed by atoms with Crippen LogP contribution in [0.15, 0.2) is 0 Å². The van der Waals surface area contributed by atoms with E-state index in [2.05, 4.69) is 29.1 Å². The summed E-state index contributed by atoms with van der Waals surface area (Å²) in [5.41, 5.74) is 0. The van der Waals surface area contributed by atoms with Crippen molar-refractivity contribution in [3.05, 3.63) is 0 Å². The number of hydrogen-bond donors (Lipinski definition) is 1. The highest BCUT2D eigenvalue weighted by Gasteiger charge is 2.39. The van der Waals surface area contributed by atoms with Crippen LogP contribution in [0.5, 0.6) is 0 Å². The summed E-state index contributed by atoms with van der Waals surface area (Å²) in [5, 5.41) is 3.68. The van der Waals surface area contributed by atoms with E-state index in [1.165, 1.54) is 45.3 Å². The van der Waals surface area contributed by atoms with Gasteiger partial charge < -0.3 is 15.0 Å². The molecular formula is C16H31N3O. The van der Waals surface area contributed by atoms with Gasteiger partial charge in [-0.05, 0) is 51.7 Å². The van der Waals surface area contributed by atoms with Crippen molar-refractivity contribution in [3.8, 4) is 0 Å². The zero-order chi connectivity index (χ0) is 13.9. The third kappa shape index (κ3) is 3.03. The third-order valence-electron chi connectivity index (χ3n) is 5.64. The van der Waals surface area contributed by atoms with E-state index in [9.17, 15) is 0 Å². The molecule has 20 heavy (non-hydrogen) atoms. The van der Waals surface area contributed by atoms with Gasteiger partial charge in [0.05, 0.1) is 6.61 Å². The molecule has 0 aromatic heterocycles. The molecule has 4 nitrogen and oxygen atoms in total. The normalized spacial score (nSPS) is 40.5. The minimum atomic E-state index is 0.594. The van der Waals surface area contributed by atoms with Gasteiger partial charge >= 0.3 is 0 Å². The summed E-state index contributed by atoms with van der Waals surface area (Å²) in [6.45, 7) is 8.97. The molecule has 116 valence electrons. The van der Waals surface area contributed by atoms with Gasteiger partial charge in [-0.15, -0.1) is 0 Å². The van der Waals surface area contributed by atoms with Crippen molar-refractivity contribution < 1.29 is 4.74 Å². The lowest BCUT2D eigenvalue weighted by atomic mass is 9.83. The number of piperidine rings is 2. The SMILES string of the molecule is CCNC1CCOCC1N1CCC2C(CCCN2C)C1. The van der Waals surface area contributed by atoms with Gasteiger partial charge in [-0.25, -0.2) is 0 Å². The van der Waals surface area contributed by atoms with Crippen LogP contribution in [-0.4, -0.2) is 74.4 Å². The molecule has 0 saturated carbocycles. The quantitative estimate of drug-likeness (QED) is 0.840. The summed E-state index contributed by atoms with van der Waals surface area (Å²) in [7, 11) is 2.32. The van der Waals surface area contributed by atoms with E-state index in [0.29, 0.717) is 12.1 Å². The topological polar surface area (TPSA) is 27.7 Å². The van der Waals surface area contributed by atoms with Crippen molar-refractivity contribution in [1.29, 1.82) is 0 Å². The molecule has 0 amide bonds. The minimum Gasteiger partial charge on any atom is -0.380 e. The van der Waals surface area contributed by atoms with Crippen molar-refractivity contribution in [1.82, 2.24) is 15.1 Å². The van der Waals surface area contributed by atoms with Crippen LogP contribution in [0.2, 0.25) is 0 Å². The summed E-state index contributed by atoms with van der Waals surface area (Å²) in [6, 6.07) is 2.06. The average Bonchev–Trinajstić information content (AvgIpc) is 2.48. The van der Waals surface area contributed by atoms with Crippen LogP contribution in [0.25, 0.3) is 0 Å². The van der Waals surface area contributed by atoms with Crippen LogP contribution >= 0.6 is 0 Å². The fraction of sp³-hybridized carbons (Fsp3) is 1.00. The molecular weight excluding hydrogens is 250 g/mol. The molecule has 0 aromatic rings. The summed E-state index contributed by atoms with van der Waals surface area (Å²) >= 11 is 0. The van der Waals surface area contributed by atoms with Crippen molar-refractivity contribution >= 4 is 0 Å². The first kappa shape index (κ1) is 14.8. The van der Waals surface area contributed by atoms with Crippen LogP contribution in [0.4, 0.5) is 0 Å². The highest BCUT2D eigenvalue weighted by Crippen LogP contribution is 2.31. The van der Waals surface area contributed by atoms with Crippen LogP contribution in [-0.2, 0) is 4.74 Å². The molecule has 0 radical (unpaired) electrons. The zero-order valence-electron chi connectivity index (χ0n) is 13.2. The summed E-state index contributed by atoms with van der Waals surface area (Å²) < 4.78 is 5.78. The Hall–Kier alpha value is -0.160. The second kappa shape index (κ2) is 6.73. The highest BCUT2D eigenvalue weighted by atomic mass is 16.5. The summed E-state index contributed by atoms with van der Waals surface area (Å²) in [5.74, 6) is 0.881. The predicted molar refractivity (Wildman–Crippen MR) is 82.0 cm³/mol. The number of hydrogen-bond acceptors (Lipinski definition) is 4. The molecule has 0 bridgehead atoms. The van der Waals surface area contributed by atoms with Gasteiger partial charge in [0.25, 0.3) is 0 Å². The average molecular weight is 281 g/mol. The molecule has 0 aromatic carbocycles. The monoisotopic (exact) mass is 281 g/mol. The lowest BCUT2D eigenvalue weighted by molar-refractivity contribution is -0.0410. The molecule has 3 aliphatic rings. The van der Waals surface area contributed by atoms with E-state index in [4.69, 9.17) is 4.74 Å². The van der Waals surface area contributed by atoms with Gasteiger partial charge in [0.15, 0.2) is 0 Å². The predicted octanol–water partition coefficient (Wildman–Crippen LogP) is 1.17. The highest BCUT2D eigenvalue weighted by molar-refractivity contribution is 4.95. The Morgan fingerprint density at radius 2 is 2.05 bits per heavy atom. The third-order valence-corrected chi connectivity index (χ3v) is 5.64. The van der Waals surface area contributed by atoms with Crippen LogP contribution in [0.1, 0.15) is 32.6 Å². The van der Waals surface area contributed by atoms with Gasteiger partial charge in [0.2, 0.25) is 0 Å². The largest absolute Gasteiger partial charge is 0.380 e. The number of rotatable bonds is 3. The minimum absolute atomic E-state index is 0.594. The molecule has 1 N–H and O–H groups in total. The smallest absolute Gasteiger partial charge is 0.0637 e. The molecule has 3 saturated heterocycles. The Balaban J connectivity index is 1.62. The van der Waals surface area contributed by atoms with Crippen molar-refractivity contribution in [3.63, 3.8) is 0 Å². The number of nitrogens with zero attached hydrogens (tertiary/aromatic N) is 2. The van der Waals surface area contributed by atoms with E-state index in [0.717, 1.165) is 31.7 Å². The number of fused-ring (bicyclic) bond motifs is 1. The van der Waals surface area contributed by atoms with Gasteiger partial charge in [-0.2, -0.15) is 0 Å². The fourth-order valence-electron chi connectivity index (χ4n) is 4.56. The van der Waals surface area contributed by atoms with Crippen LogP contribution < -0.4 is 5.32 Å². The Kier molecular flexibility index (Phi) is 4.97. The van der Waals surface area contributed by atoms with Gasteiger partial charge in [-0.3, -0.25) is 4.90 Å². The number of nitrogens with one attached hydrogen (secondary N) is 1. The molecule has 4 heteroatoms. The number of ether oxygens (including phenoxy) is 1. The van der Waals surface area contributed by atoms with E-state index in [-0.39, 0.29) is 0 Å². The molecule has 4 unspecified atom stereocenters. The van der Waals surface area contributed by atoms with Crippen molar-refractivity contribution in [2.24, 2.45) is 5.92 Å². The Morgan fingerprint density at radius 1 is 1.15 bits per heavy atom. The lowest BCUT2D eigenvalue weighted by Gasteiger charge is -2.50. The number of likely N-dealkylation sites (N-methyl/N-ethyl adjacent to an activating group) is 1. The number of likely N-dealkylation sites (tertiary alicyclic amines) is 2. The molecule has 0 spiro atoms. The maximum Gasteiger partial charge on any atom is 0.0637 e. The Labute approximate surface area is 123 Å². The Bertz CT molecular complexity index is 310. The first-order chi connectivity index (χ1) is 9.79. The van der Waals surface area contributed by atoms with Crippen LogP contribution in [0, 0.1) is 5.92 Å². The molecule has 4 atom stereocenters. The van der Waals surface area contributed by atoms with Crippen molar-refractivity contribution in [2.45, 2.75) is 50.7 Å². The standard InChI is InChI=1S/C16H31N3O/c1-3-17-14-7-10-20-12-16(14)19-9-6-15-13(11-19)5-4-8-18(15)2/h13-17H,3-12H2,1-2H3. The molecule has 3 aliphatic heterocycles. The zero-order valence-corrected chi connectivity index (χ0v) is 13.2. The van der Waals surface area contributed by atoms with E-state index < -0.39 is 0 Å². The van der Waals surface area contributed by atoms with E-state index in [1.807, 2.05) is 0 Å². The Morgan fingerprint density at radius 3 is 2.90 bits per heavy atom. The molecule has 0 aliphatic carbocycles. The first-order valence-corrected chi connectivity index (χ1v) is 8.55. The first-order valence-electron chi connectivity index (χ1n) is 8.55. The summed E-state index contributed by atoms with van der Waals surface area (Å²) in [6.07, 6.45) is 5.31. The lowest BCUT2D eigenvalue weighted by Crippen LogP contribution is -2.61. The molecule has 3 fully saturated rings. The van der Waals surface area contributed by atoms with Crippen molar-refractivity contribution in [2.75, 3.05) is 46.4 Å². The van der Waals surface area contributed by atoms with E-state index >= 15 is 0 Å². The van der Waals surface area contributed by atoms with E-state index in [1.54, 1.807) is 0 Å². The van der Waals surface area contributed by atoms with Gasteiger partial charge in [-0.1, -0.05) is 6.92 Å². The van der Waals surface area contributed by atoms with Gasteiger partial charge in [0.1, 0.15) is 0 Å². The fourth-order valence-corrected chi connectivity index (χ4v) is 4.56. The summed E-state index contributed by atoms with van der Waals surface area (Å²) in [4.78, 5) is 5.33. The second-order valence-electron chi connectivity index (χ2n) is 6.83. The maximum absolute atomic E-state index is 5.78. The molecule has 3 rings (SSSR count). The maximum atomic E-state index is 5.78.